The molecule has 1 aromatic heterocycles. The Morgan fingerprint density at radius 2 is 2.19 bits per heavy atom. The summed E-state index contributed by atoms with van der Waals surface area (Å²) in [6.07, 6.45) is 3.02. The van der Waals surface area contributed by atoms with Crippen LogP contribution in [0.1, 0.15) is 29.8 Å². The van der Waals surface area contributed by atoms with Gasteiger partial charge in [-0.25, -0.2) is 0 Å². The number of ether oxygens (including phenoxy) is 1. The monoisotopic (exact) mass is 351 g/mol. The number of benzene rings is 1. The van der Waals surface area contributed by atoms with Crippen LogP contribution in [0.4, 0.5) is 0 Å². The number of nitrogens with one attached hydrogen (secondary N) is 1. The summed E-state index contributed by atoms with van der Waals surface area (Å²) >= 11 is 3.55. The van der Waals surface area contributed by atoms with Gasteiger partial charge in [-0.2, -0.15) is 5.10 Å². The Morgan fingerprint density at radius 3 is 2.71 bits per heavy atom. The van der Waals surface area contributed by atoms with Crippen molar-refractivity contribution in [1.29, 1.82) is 0 Å². The Labute approximate surface area is 134 Å². The first kappa shape index (κ1) is 16.0. The summed E-state index contributed by atoms with van der Waals surface area (Å²) in [5.74, 6) is 0.858. The Morgan fingerprint density at radius 1 is 1.43 bits per heavy atom. The summed E-state index contributed by atoms with van der Waals surface area (Å²) in [4.78, 5) is 0. The summed E-state index contributed by atoms with van der Waals surface area (Å²) in [6, 6.07) is 6.50. The molecule has 4 nitrogen and oxygen atoms in total. The summed E-state index contributed by atoms with van der Waals surface area (Å²) in [6.45, 7) is 5.11. The van der Waals surface area contributed by atoms with E-state index in [1.807, 2.05) is 17.8 Å². The molecule has 21 heavy (non-hydrogen) atoms. The van der Waals surface area contributed by atoms with Crippen molar-refractivity contribution >= 4 is 15.9 Å². The molecule has 1 aromatic carbocycles. The highest BCUT2D eigenvalue weighted by Crippen LogP contribution is 2.28. The molecule has 0 aliphatic carbocycles. The standard InChI is InChI=1S/C16H22BrN3O/c1-5-18-15(13-10-20(3)19-11(13)2)9-12-6-7-16(21-4)14(17)8-12/h6-8,10,15,18H,5,9H2,1-4H3. The van der Waals surface area contributed by atoms with Crippen LogP contribution in [-0.2, 0) is 13.5 Å². The van der Waals surface area contributed by atoms with Crippen LogP contribution in [0, 0.1) is 6.92 Å². The van der Waals surface area contributed by atoms with Crippen LogP contribution < -0.4 is 10.1 Å². The van der Waals surface area contributed by atoms with Gasteiger partial charge < -0.3 is 10.1 Å². The molecule has 1 unspecified atom stereocenters. The van der Waals surface area contributed by atoms with Crippen LogP contribution in [0.2, 0.25) is 0 Å². The smallest absolute Gasteiger partial charge is 0.133 e. The fraction of sp³-hybridized carbons (Fsp3) is 0.438. The van der Waals surface area contributed by atoms with E-state index in [2.05, 4.69) is 58.5 Å². The van der Waals surface area contributed by atoms with Crippen LogP contribution in [-0.4, -0.2) is 23.4 Å². The molecular weight excluding hydrogens is 330 g/mol. The molecule has 0 aliphatic heterocycles. The molecule has 0 saturated carbocycles. The van der Waals surface area contributed by atoms with Crippen LogP contribution in [0.3, 0.4) is 0 Å². The van der Waals surface area contributed by atoms with E-state index in [0.29, 0.717) is 0 Å². The highest BCUT2D eigenvalue weighted by atomic mass is 79.9. The fourth-order valence-corrected chi connectivity index (χ4v) is 3.16. The molecule has 2 rings (SSSR count). The van der Waals surface area contributed by atoms with E-state index in [0.717, 1.165) is 28.9 Å². The van der Waals surface area contributed by atoms with Crippen molar-refractivity contribution in [3.63, 3.8) is 0 Å². The zero-order valence-corrected chi connectivity index (χ0v) is 14.6. The Bertz CT molecular complexity index is 610. The van der Waals surface area contributed by atoms with E-state index in [-0.39, 0.29) is 6.04 Å². The number of aromatic nitrogens is 2. The maximum absolute atomic E-state index is 5.28. The third kappa shape index (κ3) is 3.86. The Kier molecular flexibility index (Phi) is 5.42. The summed E-state index contributed by atoms with van der Waals surface area (Å²) < 4.78 is 8.14. The molecule has 0 saturated heterocycles. The summed E-state index contributed by atoms with van der Waals surface area (Å²) in [5.41, 5.74) is 3.60. The first-order chi connectivity index (χ1) is 10.0. The minimum Gasteiger partial charge on any atom is -0.496 e. The van der Waals surface area contributed by atoms with E-state index >= 15 is 0 Å². The van der Waals surface area contributed by atoms with Crippen LogP contribution in [0.25, 0.3) is 0 Å². The number of methoxy groups -OCH3 is 1. The molecule has 0 radical (unpaired) electrons. The van der Waals surface area contributed by atoms with Crippen LogP contribution in [0.5, 0.6) is 5.75 Å². The first-order valence-corrected chi connectivity index (χ1v) is 7.90. The highest BCUT2D eigenvalue weighted by molar-refractivity contribution is 9.10. The van der Waals surface area contributed by atoms with Gasteiger partial charge in [-0.1, -0.05) is 13.0 Å². The number of nitrogens with zero attached hydrogens (tertiary/aromatic N) is 2. The van der Waals surface area contributed by atoms with E-state index in [9.17, 15) is 0 Å². The number of halogens is 1. The van der Waals surface area contributed by atoms with Gasteiger partial charge in [0, 0.05) is 24.8 Å². The Hall–Kier alpha value is -1.33. The lowest BCUT2D eigenvalue weighted by Gasteiger charge is -2.18. The van der Waals surface area contributed by atoms with Gasteiger partial charge in [0.05, 0.1) is 17.3 Å². The average Bonchev–Trinajstić information content (AvgIpc) is 2.77. The van der Waals surface area contributed by atoms with Crippen molar-refractivity contribution in [3.05, 3.63) is 45.7 Å². The number of likely N-dealkylation sites (N-methyl/N-ethyl adjacent to an activating group) is 1. The van der Waals surface area contributed by atoms with Gasteiger partial charge in [-0.05, 0) is 53.5 Å². The number of hydrogen-bond acceptors (Lipinski definition) is 3. The molecule has 1 N–H and O–H groups in total. The molecule has 5 heteroatoms. The van der Waals surface area contributed by atoms with E-state index in [4.69, 9.17) is 4.74 Å². The number of aryl methyl sites for hydroxylation is 2. The van der Waals surface area contributed by atoms with Gasteiger partial charge >= 0.3 is 0 Å². The van der Waals surface area contributed by atoms with Crippen molar-refractivity contribution in [2.24, 2.45) is 7.05 Å². The van der Waals surface area contributed by atoms with Crippen molar-refractivity contribution < 1.29 is 4.74 Å². The van der Waals surface area contributed by atoms with Gasteiger partial charge in [0.1, 0.15) is 5.75 Å². The molecule has 0 aliphatic rings. The lowest BCUT2D eigenvalue weighted by molar-refractivity contribution is 0.412. The molecule has 1 heterocycles. The molecule has 0 spiro atoms. The normalized spacial score (nSPS) is 12.4. The van der Waals surface area contributed by atoms with Gasteiger partial charge in [0.25, 0.3) is 0 Å². The molecule has 2 aromatic rings. The largest absolute Gasteiger partial charge is 0.496 e. The summed E-state index contributed by atoms with van der Waals surface area (Å²) in [7, 11) is 3.64. The Balaban J connectivity index is 2.24. The lowest BCUT2D eigenvalue weighted by atomic mass is 9.99. The maximum Gasteiger partial charge on any atom is 0.133 e. The maximum atomic E-state index is 5.28. The van der Waals surface area contributed by atoms with Crippen molar-refractivity contribution in [3.8, 4) is 5.75 Å². The van der Waals surface area contributed by atoms with E-state index in [1.165, 1.54) is 11.1 Å². The third-order valence-electron chi connectivity index (χ3n) is 3.53. The molecular formula is C16H22BrN3O. The van der Waals surface area contributed by atoms with Crippen molar-refractivity contribution in [2.75, 3.05) is 13.7 Å². The van der Waals surface area contributed by atoms with Crippen molar-refractivity contribution in [2.45, 2.75) is 26.3 Å². The second kappa shape index (κ2) is 7.09. The SMILES string of the molecule is CCNC(Cc1ccc(OC)c(Br)c1)c1cn(C)nc1C. The topological polar surface area (TPSA) is 39.1 Å². The highest BCUT2D eigenvalue weighted by Gasteiger charge is 2.16. The quantitative estimate of drug-likeness (QED) is 0.866. The molecule has 1 atom stereocenters. The predicted molar refractivity (Wildman–Crippen MR) is 88.8 cm³/mol. The second-order valence-corrected chi connectivity index (χ2v) is 5.98. The van der Waals surface area contributed by atoms with Gasteiger partial charge in [0.2, 0.25) is 0 Å². The minimum atomic E-state index is 0.268. The molecule has 0 bridgehead atoms. The van der Waals surface area contributed by atoms with Gasteiger partial charge in [-0.3, -0.25) is 4.68 Å². The third-order valence-corrected chi connectivity index (χ3v) is 4.15. The fourth-order valence-electron chi connectivity index (χ4n) is 2.57. The molecule has 0 fully saturated rings. The number of rotatable bonds is 6. The van der Waals surface area contributed by atoms with E-state index < -0.39 is 0 Å². The average molecular weight is 352 g/mol. The molecule has 114 valence electrons. The lowest BCUT2D eigenvalue weighted by Crippen LogP contribution is -2.23. The minimum absolute atomic E-state index is 0.268. The van der Waals surface area contributed by atoms with Crippen LogP contribution in [0.15, 0.2) is 28.9 Å². The zero-order chi connectivity index (χ0) is 15.4. The second-order valence-electron chi connectivity index (χ2n) is 5.13. The number of hydrogen-bond donors (Lipinski definition) is 1. The van der Waals surface area contributed by atoms with Gasteiger partial charge in [0.15, 0.2) is 0 Å². The predicted octanol–water partition coefficient (Wildman–Crippen LogP) is 3.39. The first-order valence-electron chi connectivity index (χ1n) is 7.11. The van der Waals surface area contributed by atoms with Crippen molar-refractivity contribution in [1.82, 2.24) is 15.1 Å². The molecule has 0 amide bonds. The van der Waals surface area contributed by atoms with Gasteiger partial charge in [-0.15, -0.1) is 0 Å². The zero-order valence-electron chi connectivity index (χ0n) is 13.0. The van der Waals surface area contributed by atoms with E-state index in [1.54, 1.807) is 7.11 Å². The summed E-state index contributed by atoms with van der Waals surface area (Å²) in [5, 5.41) is 8.00. The van der Waals surface area contributed by atoms with Crippen LogP contribution >= 0.6 is 15.9 Å².